The summed E-state index contributed by atoms with van der Waals surface area (Å²) in [6.45, 7) is 3.42. The number of aryl methyl sites for hydroxylation is 1. The van der Waals surface area contributed by atoms with E-state index >= 15 is 0 Å². The monoisotopic (exact) mass is 376 g/mol. The summed E-state index contributed by atoms with van der Waals surface area (Å²) in [7, 11) is -3.29. The molecule has 2 N–H and O–H groups in total. The fourth-order valence-electron chi connectivity index (χ4n) is 2.13. The standard InChI is InChI=1S/C18H20N2O5S/c1-12-5-4-6-16(13(12)2)19-18(22)20-17(21)11-25-14-7-9-15(10-8-14)26(3,23)24/h4-10H,11H2,1-3H3,(H2,19,20,21,22). The summed E-state index contributed by atoms with van der Waals surface area (Å²) in [5.74, 6) is -0.303. The zero-order valence-electron chi connectivity index (χ0n) is 14.7. The Bertz CT molecular complexity index is 921. The van der Waals surface area contributed by atoms with Crippen molar-refractivity contribution in [3.63, 3.8) is 0 Å². The van der Waals surface area contributed by atoms with Crippen molar-refractivity contribution >= 4 is 27.5 Å². The van der Waals surface area contributed by atoms with Crippen LogP contribution in [0.2, 0.25) is 0 Å². The van der Waals surface area contributed by atoms with E-state index in [0.717, 1.165) is 17.4 Å². The molecule has 2 rings (SSSR count). The van der Waals surface area contributed by atoms with E-state index in [4.69, 9.17) is 4.74 Å². The van der Waals surface area contributed by atoms with Crippen molar-refractivity contribution < 1.29 is 22.7 Å². The first kappa shape index (κ1) is 19.5. The molecule has 0 aliphatic carbocycles. The average molecular weight is 376 g/mol. The lowest BCUT2D eigenvalue weighted by Gasteiger charge is -2.11. The van der Waals surface area contributed by atoms with Crippen LogP contribution in [-0.4, -0.2) is 33.2 Å². The van der Waals surface area contributed by atoms with E-state index in [1.165, 1.54) is 24.3 Å². The number of urea groups is 1. The Morgan fingerprint density at radius 2 is 1.69 bits per heavy atom. The van der Waals surface area contributed by atoms with Gasteiger partial charge in [0.25, 0.3) is 5.91 Å². The molecule has 0 radical (unpaired) electrons. The Balaban J connectivity index is 1.86. The molecule has 3 amide bonds. The molecule has 0 aromatic heterocycles. The molecule has 0 fully saturated rings. The first-order chi connectivity index (χ1) is 12.2. The van der Waals surface area contributed by atoms with E-state index in [1.54, 1.807) is 6.07 Å². The lowest BCUT2D eigenvalue weighted by Crippen LogP contribution is -2.37. The second kappa shape index (κ2) is 8.01. The number of benzene rings is 2. The van der Waals surface area contributed by atoms with Gasteiger partial charge in [0.2, 0.25) is 0 Å². The molecule has 0 atom stereocenters. The van der Waals surface area contributed by atoms with Gasteiger partial charge in [0, 0.05) is 11.9 Å². The van der Waals surface area contributed by atoms with Gasteiger partial charge in [0.1, 0.15) is 5.75 Å². The zero-order chi connectivity index (χ0) is 19.3. The van der Waals surface area contributed by atoms with Gasteiger partial charge in [-0.2, -0.15) is 0 Å². The summed E-state index contributed by atoms with van der Waals surface area (Å²) in [6, 6.07) is 10.5. The molecule has 0 aliphatic rings. The van der Waals surface area contributed by atoms with Crippen molar-refractivity contribution in [2.75, 3.05) is 18.2 Å². The number of imide groups is 1. The van der Waals surface area contributed by atoms with Crippen molar-refractivity contribution in [2.24, 2.45) is 0 Å². The molecule has 0 saturated carbocycles. The highest BCUT2D eigenvalue weighted by atomic mass is 32.2. The smallest absolute Gasteiger partial charge is 0.325 e. The third-order valence-corrected chi connectivity index (χ3v) is 4.86. The first-order valence-corrected chi connectivity index (χ1v) is 9.66. The van der Waals surface area contributed by atoms with Gasteiger partial charge in [0.15, 0.2) is 16.4 Å². The van der Waals surface area contributed by atoms with Crippen LogP contribution in [0.1, 0.15) is 11.1 Å². The average Bonchev–Trinajstić information content (AvgIpc) is 2.57. The summed E-state index contributed by atoms with van der Waals surface area (Å²) in [5.41, 5.74) is 2.56. The maximum atomic E-state index is 11.9. The van der Waals surface area contributed by atoms with Gasteiger partial charge in [-0.1, -0.05) is 12.1 Å². The molecule has 2 aromatic carbocycles. The van der Waals surface area contributed by atoms with E-state index in [9.17, 15) is 18.0 Å². The first-order valence-electron chi connectivity index (χ1n) is 7.77. The predicted molar refractivity (Wildman–Crippen MR) is 98.1 cm³/mol. The highest BCUT2D eigenvalue weighted by molar-refractivity contribution is 7.90. The van der Waals surface area contributed by atoms with Gasteiger partial charge >= 0.3 is 6.03 Å². The highest BCUT2D eigenvalue weighted by Crippen LogP contribution is 2.18. The fourth-order valence-corrected chi connectivity index (χ4v) is 2.77. The third kappa shape index (κ3) is 5.32. The number of hydrogen-bond donors (Lipinski definition) is 2. The van der Waals surface area contributed by atoms with Gasteiger partial charge in [-0.15, -0.1) is 0 Å². The van der Waals surface area contributed by atoms with Crippen molar-refractivity contribution in [2.45, 2.75) is 18.7 Å². The van der Waals surface area contributed by atoms with Crippen LogP contribution in [0.4, 0.5) is 10.5 Å². The van der Waals surface area contributed by atoms with Gasteiger partial charge in [-0.05, 0) is 55.3 Å². The van der Waals surface area contributed by atoms with E-state index in [0.29, 0.717) is 11.4 Å². The molecule has 0 unspecified atom stereocenters. The Kier molecular flexibility index (Phi) is 5.99. The maximum absolute atomic E-state index is 11.9. The Labute approximate surface area is 152 Å². The SMILES string of the molecule is Cc1cccc(NC(=O)NC(=O)COc2ccc(S(C)(=O)=O)cc2)c1C. The van der Waals surface area contributed by atoms with Crippen LogP contribution in [0.25, 0.3) is 0 Å². The topological polar surface area (TPSA) is 102 Å². The molecule has 0 saturated heterocycles. The van der Waals surface area contributed by atoms with Crippen LogP contribution in [-0.2, 0) is 14.6 Å². The Morgan fingerprint density at radius 3 is 2.31 bits per heavy atom. The molecule has 138 valence electrons. The van der Waals surface area contributed by atoms with Crippen LogP contribution in [0.15, 0.2) is 47.4 Å². The minimum atomic E-state index is -3.29. The van der Waals surface area contributed by atoms with Crippen molar-refractivity contribution in [1.29, 1.82) is 0 Å². The molecule has 0 spiro atoms. The summed E-state index contributed by atoms with van der Waals surface area (Å²) >= 11 is 0. The molecule has 0 heterocycles. The van der Waals surface area contributed by atoms with Crippen molar-refractivity contribution in [3.8, 4) is 5.75 Å². The molecule has 0 aliphatic heterocycles. The number of nitrogens with one attached hydrogen (secondary N) is 2. The number of hydrogen-bond acceptors (Lipinski definition) is 5. The van der Waals surface area contributed by atoms with Gasteiger partial charge in [-0.25, -0.2) is 13.2 Å². The van der Waals surface area contributed by atoms with E-state index in [2.05, 4.69) is 10.6 Å². The molecule has 0 bridgehead atoms. The van der Waals surface area contributed by atoms with Gasteiger partial charge < -0.3 is 10.1 Å². The van der Waals surface area contributed by atoms with E-state index in [-0.39, 0.29) is 11.5 Å². The summed E-state index contributed by atoms with van der Waals surface area (Å²) < 4.78 is 28.0. The van der Waals surface area contributed by atoms with Crippen LogP contribution in [0, 0.1) is 13.8 Å². The number of carbonyl (C=O) groups is 2. The maximum Gasteiger partial charge on any atom is 0.325 e. The zero-order valence-corrected chi connectivity index (χ0v) is 15.5. The number of ether oxygens (including phenoxy) is 1. The van der Waals surface area contributed by atoms with Crippen LogP contribution in [0.5, 0.6) is 5.75 Å². The van der Waals surface area contributed by atoms with Gasteiger partial charge in [0.05, 0.1) is 4.90 Å². The third-order valence-electron chi connectivity index (χ3n) is 3.73. The van der Waals surface area contributed by atoms with Crippen molar-refractivity contribution in [1.82, 2.24) is 5.32 Å². The Hall–Kier alpha value is -2.87. The number of carbonyl (C=O) groups excluding carboxylic acids is 2. The van der Waals surface area contributed by atoms with Gasteiger partial charge in [-0.3, -0.25) is 10.1 Å². The molecule has 7 nitrogen and oxygen atoms in total. The van der Waals surface area contributed by atoms with Crippen LogP contribution >= 0.6 is 0 Å². The quantitative estimate of drug-likeness (QED) is 0.834. The number of rotatable bonds is 5. The fraction of sp³-hybridized carbons (Fsp3) is 0.222. The molecular weight excluding hydrogens is 356 g/mol. The summed E-state index contributed by atoms with van der Waals surface area (Å²) in [6.07, 6.45) is 1.10. The number of sulfone groups is 1. The molecule has 26 heavy (non-hydrogen) atoms. The lowest BCUT2D eigenvalue weighted by atomic mass is 10.1. The van der Waals surface area contributed by atoms with E-state index < -0.39 is 21.8 Å². The molecular formula is C18H20N2O5S. The second-order valence-electron chi connectivity index (χ2n) is 5.78. The minimum Gasteiger partial charge on any atom is -0.484 e. The molecule has 8 heteroatoms. The summed E-state index contributed by atoms with van der Waals surface area (Å²) in [4.78, 5) is 23.8. The lowest BCUT2D eigenvalue weighted by molar-refractivity contribution is -0.121. The van der Waals surface area contributed by atoms with Crippen LogP contribution < -0.4 is 15.4 Å². The minimum absolute atomic E-state index is 0.155. The predicted octanol–water partition coefficient (Wildman–Crippen LogP) is 2.43. The Morgan fingerprint density at radius 1 is 1.04 bits per heavy atom. The summed E-state index contributed by atoms with van der Waals surface area (Å²) in [5, 5.41) is 4.78. The number of amides is 3. The number of anilines is 1. The largest absolute Gasteiger partial charge is 0.484 e. The van der Waals surface area contributed by atoms with Crippen molar-refractivity contribution in [3.05, 3.63) is 53.6 Å². The molecule has 2 aromatic rings. The van der Waals surface area contributed by atoms with Crippen LogP contribution in [0.3, 0.4) is 0 Å². The second-order valence-corrected chi connectivity index (χ2v) is 7.80. The normalized spacial score (nSPS) is 10.9. The highest BCUT2D eigenvalue weighted by Gasteiger charge is 2.11. The van der Waals surface area contributed by atoms with E-state index in [1.807, 2.05) is 26.0 Å².